The Morgan fingerprint density at radius 2 is 2.35 bits per heavy atom. The van der Waals surface area contributed by atoms with E-state index in [0.717, 1.165) is 0 Å². The largest absolute Gasteiger partial charge is 0.394 e. The highest BCUT2D eigenvalue weighted by molar-refractivity contribution is 7.99. The summed E-state index contributed by atoms with van der Waals surface area (Å²) >= 11 is 1.25. The maximum Gasteiger partial charge on any atom is 0.248 e. The van der Waals surface area contributed by atoms with Gasteiger partial charge in [0.2, 0.25) is 5.91 Å². The molecular weight excluding hydrogens is 242 g/mol. The van der Waals surface area contributed by atoms with Gasteiger partial charge in [-0.15, -0.1) is 11.8 Å². The first-order valence-corrected chi connectivity index (χ1v) is 6.20. The Labute approximate surface area is 103 Å². The molecule has 0 bridgehead atoms. The monoisotopic (exact) mass is 257 g/mol. The van der Waals surface area contributed by atoms with Crippen LogP contribution in [0.1, 0.15) is 0 Å². The Bertz CT molecular complexity index is 337. The molecule has 0 fully saturated rings. The standard InChI is InChI=1S/C10H15N3O3S/c14-5-8(15)6-17-7-10(16)13-12-9-3-1-2-4-11-9/h1-4,8,14-15H,5-7H2,(H,11,12)(H,13,16). The molecule has 0 aliphatic rings. The molecule has 1 amide bonds. The molecule has 7 heteroatoms. The Hall–Kier alpha value is -1.31. The highest BCUT2D eigenvalue weighted by Gasteiger charge is 2.05. The number of thioether (sulfide) groups is 1. The third kappa shape index (κ3) is 6.10. The lowest BCUT2D eigenvalue weighted by Gasteiger charge is -2.08. The van der Waals surface area contributed by atoms with E-state index in [2.05, 4.69) is 15.8 Å². The lowest BCUT2D eigenvalue weighted by molar-refractivity contribution is -0.118. The van der Waals surface area contributed by atoms with Gasteiger partial charge in [-0.1, -0.05) is 6.07 Å². The smallest absolute Gasteiger partial charge is 0.248 e. The van der Waals surface area contributed by atoms with Gasteiger partial charge in [0, 0.05) is 11.9 Å². The number of aliphatic hydroxyl groups excluding tert-OH is 2. The third-order valence-corrected chi connectivity index (χ3v) is 2.84. The normalized spacial score (nSPS) is 11.9. The lowest BCUT2D eigenvalue weighted by atomic mass is 10.4. The van der Waals surface area contributed by atoms with Gasteiger partial charge in [-0.2, -0.15) is 0 Å². The fourth-order valence-corrected chi connectivity index (χ4v) is 1.70. The SMILES string of the molecule is O=C(CSCC(O)CO)NNc1ccccn1. The van der Waals surface area contributed by atoms with Gasteiger partial charge < -0.3 is 10.2 Å². The highest BCUT2D eigenvalue weighted by atomic mass is 32.2. The van der Waals surface area contributed by atoms with E-state index < -0.39 is 6.10 Å². The maximum atomic E-state index is 11.3. The second kappa shape index (κ2) is 7.88. The number of hydrogen-bond acceptors (Lipinski definition) is 6. The number of hydrogen-bond donors (Lipinski definition) is 4. The van der Waals surface area contributed by atoms with E-state index in [0.29, 0.717) is 11.6 Å². The van der Waals surface area contributed by atoms with Crippen LogP contribution in [-0.4, -0.2) is 45.3 Å². The van der Waals surface area contributed by atoms with Gasteiger partial charge in [0.25, 0.3) is 0 Å². The van der Waals surface area contributed by atoms with Crippen molar-refractivity contribution in [2.75, 3.05) is 23.5 Å². The molecule has 1 aromatic heterocycles. The molecule has 0 spiro atoms. The van der Waals surface area contributed by atoms with Gasteiger partial charge >= 0.3 is 0 Å². The van der Waals surface area contributed by atoms with Gasteiger partial charge in [0.15, 0.2) is 0 Å². The predicted octanol–water partition coefficient (Wildman–Crippen LogP) is -0.389. The molecule has 1 heterocycles. The van der Waals surface area contributed by atoms with Crippen LogP contribution in [0.4, 0.5) is 5.82 Å². The number of pyridine rings is 1. The van der Waals surface area contributed by atoms with E-state index in [9.17, 15) is 4.79 Å². The van der Waals surface area contributed by atoms with E-state index in [1.54, 1.807) is 24.4 Å². The maximum absolute atomic E-state index is 11.3. The number of aliphatic hydroxyl groups is 2. The summed E-state index contributed by atoms with van der Waals surface area (Å²) in [6, 6.07) is 5.30. The van der Waals surface area contributed by atoms with E-state index in [1.807, 2.05) is 0 Å². The minimum atomic E-state index is -0.781. The number of carbonyl (C=O) groups is 1. The van der Waals surface area contributed by atoms with Crippen molar-refractivity contribution in [2.24, 2.45) is 0 Å². The number of rotatable bonds is 7. The van der Waals surface area contributed by atoms with Crippen LogP contribution in [0.5, 0.6) is 0 Å². The third-order valence-electron chi connectivity index (χ3n) is 1.75. The topological polar surface area (TPSA) is 94.5 Å². The summed E-state index contributed by atoms with van der Waals surface area (Å²) in [5.74, 6) is 0.872. The molecule has 1 aromatic rings. The summed E-state index contributed by atoms with van der Waals surface area (Å²) in [6.07, 6.45) is 0.831. The van der Waals surface area contributed by atoms with Crippen LogP contribution in [0.2, 0.25) is 0 Å². The molecule has 17 heavy (non-hydrogen) atoms. The van der Waals surface area contributed by atoms with Crippen molar-refractivity contribution < 1.29 is 15.0 Å². The number of carbonyl (C=O) groups excluding carboxylic acids is 1. The first kappa shape index (κ1) is 13.8. The number of nitrogens with zero attached hydrogens (tertiary/aromatic N) is 1. The quantitative estimate of drug-likeness (QED) is 0.497. The van der Waals surface area contributed by atoms with Crippen molar-refractivity contribution in [2.45, 2.75) is 6.10 Å². The van der Waals surface area contributed by atoms with Crippen LogP contribution in [0.15, 0.2) is 24.4 Å². The first-order valence-electron chi connectivity index (χ1n) is 5.05. The van der Waals surface area contributed by atoms with Crippen LogP contribution in [0, 0.1) is 0 Å². The average molecular weight is 257 g/mol. The van der Waals surface area contributed by atoms with Crippen LogP contribution < -0.4 is 10.9 Å². The molecule has 0 aliphatic carbocycles. The summed E-state index contributed by atoms with van der Waals surface area (Å²) in [5.41, 5.74) is 5.13. The van der Waals surface area contributed by atoms with E-state index >= 15 is 0 Å². The van der Waals surface area contributed by atoms with E-state index in [4.69, 9.17) is 10.2 Å². The fraction of sp³-hybridized carbons (Fsp3) is 0.400. The zero-order chi connectivity index (χ0) is 12.5. The number of amides is 1. The zero-order valence-corrected chi connectivity index (χ0v) is 9.98. The number of aromatic nitrogens is 1. The fourth-order valence-electron chi connectivity index (χ4n) is 0.947. The van der Waals surface area contributed by atoms with E-state index in [1.165, 1.54) is 11.8 Å². The molecule has 0 radical (unpaired) electrons. The summed E-state index contributed by atoms with van der Waals surface area (Å²) in [7, 11) is 0. The molecule has 0 aromatic carbocycles. The summed E-state index contributed by atoms with van der Waals surface area (Å²) in [4.78, 5) is 15.3. The number of nitrogens with one attached hydrogen (secondary N) is 2. The van der Waals surface area contributed by atoms with Gasteiger partial charge in [-0.05, 0) is 12.1 Å². The molecule has 1 atom stereocenters. The Morgan fingerprint density at radius 3 is 3.00 bits per heavy atom. The van der Waals surface area contributed by atoms with Crippen molar-refractivity contribution in [3.63, 3.8) is 0 Å². The molecule has 0 saturated carbocycles. The van der Waals surface area contributed by atoms with Crippen LogP contribution >= 0.6 is 11.8 Å². The van der Waals surface area contributed by atoms with Crippen molar-refractivity contribution in [1.29, 1.82) is 0 Å². The molecule has 1 rings (SSSR count). The molecule has 4 N–H and O–H groups in total. The summed E-state index contributed by atoms with van der Waals surface area (Å²) in [5, 5.41) is 17.6. The minimum absolute atomic E-state index is 0.205. The average Bonchev–Trinajstić information content (AvgIpc) is 2.37. The van der Waals surface area contributed by atoms with Gasteiger partial charge in [-0.25, -0.2) is 4.98 Å². The van der Waals surface area contributed by atoms with Gasteiger partial charge in [0.05, 0.1) is 18.5 Å². The van der Waals surface area contributed by atoms with Crippen LogP contribution in [0.3, 0.4) is 0 Å². The molecule has 0 aliphatic heterocycles. The number of hydrazine groups is 1. The van der Waals surface area contributed by atoms with E-state index in [-0.39, 0.29) is 18.3 Å². The highest BCUT2D eigenvalue weighted by Crippen LogP contribution is 2.02. The van der Waals surface area contributed by atoms with Crippen LogP contribution in [-0.2, 0) is 4.79 Å². The molecule has 6 nitrogen and oxygen atoms in total. The Balaban J connectivity index is 2.13. The second-order valence-corrected chi connectivity index (χ2v) is 4.27. The molecule has 0 saturated heterocycles. The van der Waals surface area contributed by atoms with Crippen molar-refractivity contribution in [1.82, 2.24) is 10.4 Å². The lowest BCUT2D eigenvalue weighted by Crippen LogP contribution is -2.31. The van der Waals surface area contributed by atoms with Crippen LogP contribution in [0.25, 0.3) is 0 Å². The van der Waals surface area contributed by atoms with Gasteiger partial charge in [0.1, 0.15) is 5.82 Å². The Kier molecular flexibility index (Phi) is 6.38. The Morgan fingerprint density at radius 1 is 1.53 bits per heavy atom. The zero-order valence-electron chi connectivity index (χ0n) is 9.17. The van der Waals surface area contributed by atoms with Gasteiger partial charge in [-0.3, -0.25) is 15.6 Å². The second-order valence-electron chi connectivity index (χ2n) is 3.24. The predicted molar refractivity (Wildman–Crippen MR) is 66.4 cm³/mol. The molecule has 94 valence electrons. The number of anilines is 1. The van der Waals surface area contributed by atoms with Crippen molar-refractivity contribution in [3.8, 4) is 0 Å². The van der Waals surface area contributed by atoms with Crippen molar-refractivity contribution >= 4 is 23.5 Å². The summed E-state index contributed by atoms with van der Waals surface area (Å²) in [6.45, 7) is -0.291. The molecular formula is C10H15N3O3S. The summed E-state index contributed by atoms with van der Waals surface area (Å²) < 4.78 is 0. The first-order chi connectivity index (χ1) is 8.22. The van der Waals surface area contributed by atoms with Crippen molar-refractivity contribution in [3.05, 3.63) is 24.4 Å². The molecule has 1 unspecified atom stereocenters. The minimum Gasteiger partial charge on any atom is -0.394 e.